The molecule has 4 aromatic rings. The van der Waals surface area contributed by atoms with Crippen LogP contribution in [0.15, 0.2) is 70.4 Å². The quantitative estimate of drug-likeness (QED) is 0.305. The summed E-state index contributed by atoms with van der Waals surface area (Å²) < 4.78 is 44.2. The van der Waals surface area contributed by atoms with Crippen LogP contribution in [0.4, 0.5) is 18.9 Å². The van der Waals surface area contributed by atoms with E-state index < -0.39 is 29.0 Å². The molecule has 190 valence electrons. The Morgan fingerprint density at radius 3 is 2.41 bits per heavy atom. The van der Waals surface area contributed by atoms with Crippen molar-refractivity contribution in [2.24, 2.45) is 0 Å². The van der Waals surface area contributed by atoms with Gasteiger partial charge in [0, 0.05) is 17.5 Å². The Morgan fingerprint density at radius 1 is 1.08 bits per heavy atom. The molecule has 0 saturated heterocycles. The maximum absolute atomic E-state index is 13.8. The lowest BCUT2D eigenvalue weighted by atomic mass is 10.1. The van der Waals surface area contributed by atoms with Gasteiger partial charge >= 0.3 is 11.9 Å². The van der Waals surface area contributed by atoms with Gasteiger partial charge in [-0.2, -0.15) is 30.0 Å². The van der Waals surface area contributed by atoms with Crippen LogP contribution in [0, 0.1) is 13.5 Å². The second-order valence-electron chi connectivity index (χ2n) is 8.36. The molecule has 2 aromatic heterocycles. The van der Waals surface area contributed by atoms with Crippen molar-refractivity contribution in [1.82, 2.24) is 18.9 Å². The highest BCUT2D eigenvalue weighted by atomic mass is 32.2. The Balaban J connectivity index is 2.05. The van der Waals surface area contributed by atoms with Gasteiger partial charge in [-0.15, -0.1) is 0 Å². The summed E-state index contributed by atoms with van der Waals surface area (Å²) in [4.78, 5) is 30.8. The Hall–Kier alpha value is -4.04. The minimum atomic E-state index is -4.60. The summed E-state index contributed by atoms with van der Waals surface area (Å²) in [6.07, 6.45) is -1.27. The average molecular weight is 526 g/mol. The lowest BCUT2D eigenvalue weighted by Crippen LogP contribution is -2.43. The van der Waals surface area contributed by atoms with E-state index in [1.165, 1.54) is 41.7 Å². The molecule has 0 fully saturated rings. The maximum atomic E-state index is 13.8. The third-order valence-corrected chi connectivity index (χ3v) is 6.75. The minimum absolute atomic E-state index is 0.00356. The second kappa shape index (κ2) is 10.1. The van der Waals surface area contributed by atoms with Crippen LogP contribution >= 0.6 is 11.8 Å². The predicted octanol–water partition coefficient (Wildman–Crippen LogP) is 5.65. The van der Waals surface area contributed by atoms with Gasteiger partial charge in [0.25, 0.3) is 5.56 Å². The van der Waals surface area contributed by atoms with Crippen molar-refractivity contribution in [2.45, 2.75) is 26.1 Å². The first-order valence-corrected chi connectivity index (χ1v) is 12.5. The highest BCUT2D eigenvalue weighted by Crippen LogP contribution is 2.31. The van der Waals surface area contributed by atoms with Crippen molar-refractivity contribution < 1.29 is 13.2 Å². The van der Waals surface area contributed by atoms with Crippen LogP contribution in [-0.2, 0) is 6.18 Å². The zero-order chi connectivity index (χ0) is 26.9. The lowest BCUT2D eigenvalue weighted by Gasteiger charge is -2.21. The molecule has 0 spiro atoms. The standard InChI is InChI=1S/C26H22F3N5O2S/c1-16(15-37-4)32-24(35)23(22-12-13-31-34(22)20-10-8-19(30-3)9-11-20)17(2)33(25(32)36)21-7-5-6-18(14-21)26(27,28)29/h5-14,16H,15H2,1-2,4H3/t16-/m1/s1. The first kappa shape index (κ1) is 26.0. The molecule has 4 rings (SSSR count). The fourth-order valence-corrected chi connectivity index (χ4v) is 4.85. The molecule has 0 aliphatic rings. The molecule has 1 atom stereocenters. The molecule has 37 heavy (non-hydrogen) atoms. The maximum Gasteiger partial charge on any atom is 0.416 e. The van der Waals surface area contributed by atoms with Crippen molar-refractivity contribution in [3.8, 4) is 22.6 Å². The third-order valence-electron chi connectivity index (χ3n) is 5.93. The van der Waals surface area contributed by atoms with Crippen LogP contribution < -0.4 is 11.2 Å². The zero-order valence-corrected chi connectivity index (χ0v) is 21.0. The number of rotatable bonds is 6. The van der Waals surface area contributed by atoms with E-state index >= 15 is 0 Å². The fraction of sp³-hybridized carbons (Fsp3) is 0.231. The first-order valence-electron chi connectivity index (χ1n) is 11.2. The first-order chi connectivity index (χ1) is 17.6. The van der Waals surface area contributed by atoms with E-state index in [-0.39, 0.29) is 16.9 Å². The summed E-state index contributed by atoms with van der Waals surface area (Å²) in [7, 11) is 0. The minimum Gasteiger partial charge on any atom is -0.268 e. The fourth-order valence-electron chi connectivity index (χ4n) is 4.22. The predicted molar refractivity (Wildman–Crippen MR) is 138 cm³/mol. The average Bonchev–Trinajstić information content (AvgIpc) is 3.33. The van der Waals surface area contributed by atoms with Gasteiger partial charge in [0.15, 0.2) is 5.69 Å². The summed E-state index contributed by atoms with van der Waals surface area (Å²) in [5.74, 6) is 0.442. The Morgan fingerprint density at radius 2 is 1.78 bits per heavy atom. The van der Waals surface area contributed by atoms with Gasteiger partial charge in [-0.25, -0.2) is 14.3 Å². The summed E-state index contributed by atoms with van der Waals surface area (Å²) in [6, 6.07) is 12.1. The van der Waals surface area contributed by atoms with Crippen molar-refractivity contribution in [3.05, 3.63) is 104 Å². The van der Waals surface area contributed by atoms with Gasteiger partial charge in [-0.05, 0) is 56.5 Å². The van der Waals surface area contributed by atoms with Gasteiger partial charge in [0.05, 0.1) is 41.0 Å². The Labute approximate surface area is 214 Å². The summed E-state index contributed by atoms with van der Waals surface area (Å²) in [5, 5.41) is 4.33. The molecular weight excluding hydrogens is 503 g/mol. The molecule has 0 aliphatic heterocycles. The normalized spacial score (nSPS) is 12.4. The van der Waals surface area contributed by atoms with E-state index in [0.29, 0.717) is 22.8 Å². The number of halogens is 3. The molecular formula is C26H22F3N5O2S. The number of thioether (sulfide) groups is 1. The molecule has 2 heterocycles. The van der Waals surface area contributed by atoms with Crippen LogP contribution in [-0.4, -0.2) is 30.9 Å². The molecule has 0 unspecified atom stereocenters. The highest BCUT2D eigenvalue weighted by molar-refractivity contribution is 7.98. The Bertz CT molecular complexity index is 1610. The summed E-state index contributed by atoms with van der Waals surface area (Å²) in [6.45, 7) is 10.4. The molecule has 0 amide bonds. The third kappa shape index (κ3) is 4.84. The number of aromatic nitrogens is 4. The second-order valence-corrected chi connectivity index (χ2v) is 9.27. The topological polar surface area (TPSA) is 66.2 Å². The monoisotopic (exact) mass is 525 g/mol. The zero-order valence-electron chi connectivity index (χ0n) is 20.2. The number of hydrogen-bond acceptors (Lipinski definition) is 4. The van der Waals surface area contributed by atoms with E-state index in [0.717, 1.165) is 21.3 Å². The largest absolute Gasteiger partial charge is 0.416 e. The number of alkyl halides is 3. The van der Waals surface area contributed by atoms with E-state index in [9.17, 15) is 22.8 Å². The van der Waals surface area contributed by atoms with Crippen LogP contribution in [0.1, 0.15) is 24.2 Å². The van der Waals surface area contributed by atoms with Gasteiger partial charge in [-0.3, -0.25) is 13.9 Å². The molecule has 2 aromatic carbocycles. The Kier molecular flexibility index (Phi) is 7.14. The number of benzene rings is 2. The van der Waals surface area contributed by atoms with Crippen molar-refractivity contribution >= 4 is 17.4 Å². The van der Waals surface area contributed by atoms with Crippen LogP contribution in [0.2, 0.25) is 0 Å². The molecule has 0 aliphatic carbocycles. The van der Waals surface area contributed by atoms with Crippen molar-refractivity contribution in [3.63, 3.8) is 0 Å². The molecule has 0 radical (unpaired) electrons. The molecule has 0 N–H and O–H groups in total. The molecule has 0 saturated carbocycles. The van der Waals surface area contributed by atoms with Gasteiger partial charge in [-0.1, -0.05) is 18.2 Å². The summed E-state index contributed by atoms with van der Waals surface area (Å²) >= 11 is 1.44. The van der Waals surface area contributed by atoms with Gasteiger partial charge < -0.3 is 0 Å². The van der Waals surface area contributed by atoms with Crippen molar-refractivity contribution in [2.75, 3.05) is 12.0 Å². The lowest BCUT2D eigenvalue weighted by molar-refractivity contribution is -0.137. The SMILES string of the molecule is [C-]#[N+]c1ccc(-n2nccc2-c2c(C)n(-c3cccc(C(F)(F)F)c3)c(=O)n([C@H](C)CSC)c2=O)cc1. The molecule has 0 bridgehead atoms. The number of hydrogen-bond donors (Lipinski definition) is 0. The van der Waals surface area contributed by atoms with E-state index in [1.807, 2.05) is 6.26 Å². The highest BCUT2D eigenvalue weighted by Gasteiger charge is 2.31. The van der Waals surface area contributed by atoms with Gasteiger partial charge in [0.1, 0.15) is 0 Å². The summed E-state index contributed by atoms with van der Waals surface area (Å²) in [5.41, 5.74) is -0.506. The molecule has 7 nitrogen and oxygen atoms in total. The number of nitrogens with zero attached hydrogens (tertiary/aromatic N) is 5. The van der Waals surface area contributed by atoms with Gasteiger partial charge in [0.2, 0.25) is 0 Å². The van der Waals surface area contributed by atoms with Crippen molar-refractivity contribution in [1.29, 1.82) is 0 Å². The van der Waals surface area contributed by atoms with Crippen LogP contribution in [0.3, 0.4) is 0 Å². The van der Waals surface area contributed by atoms with E-state index in [4.69, 9.17) is 6.57 Å². The van der Waals surface area contributed by atoms with Crippen LogP contribution in [0.5, 0.6) is 0 Å². The van der Waals surface area contributed by atoms with E-state index in [2.05, 4.69) is 9.94 Å². The smallest absolute Gasteiger partial charge is 0.268 e. The van der Waals surface area contributed by atoms with E-state index in [1.54, 1.807) is 37.3 Å². The van der Waals surface area contributed by atoms with Crippen LogP contribution in [0.25, 0.3) is 27.5 Å². The molecule has 11 heteroatoms.